The molecule has 1 atom stereocenters. The van der Waals surface area contributed by atoms with Gasteiger partial charge < -0.3 is 5.32 Å². The van der Waals surface area contributed by atoms with Crippen molar-refractivity contribution in [3.05, 3.63) is 72.0 Å². The summed E-state index contributed by atoms with van der Waals surface area (Å²) in [5.41, 5.74) is 0.700. The summed E-state index contributed by atoms with van der Waals surface area (Å²) in [4.78, 5) is 12.4. The van der Waals surface area contributed by atoms with Crippen LogP contribution in [0.3, 0.4) is 0 Å². The molecule has 1 N–H and O–H groups in total. The monoisotopic (exact) mass is 311 g/mol. The van der Waals surface area contributed by atoms with Gasteiger partial charge in [0.15, 0.2) is 12.4 Å². The van der Waals surface area contributed by atoms with Gasteiger partial charge in [-0.2, -0.15) is 4.57 Å². The second-order valence-corrected chi connectivity index (χ2v) is 5.63. The number of fused-ring (bicyclic) bond motifs is 1. The van der Waals surface area contributed by atoms with Gasteiger partial charge in [-0.05, 0) is 29.7 Å². The number of carbonyl (C=O) groups is 1. The zero-order valence-corrected chi connectivity index (χ0v) is 12.9. The quantitative estimate of drug-likeness (QED) is 0.729. The highest BCUT2D eigenvalue weighted by molar-refractivity contribution is 6.30. The third-order valence-electron chi connectivity index (χ3n) is 3.63. The van der Waals surface area contributed by atoms with Crippen molar-refractivity contribution in [1.29, 1.82) is 0 Å². The summed E-state index contributed by atoms with van der Waals surface area (Å²) in [5.74, 6) is -0.0810. The average Bonchev–Trinajstić information content (AvgIpc) is 2.53. The maximum atomic E-state index is 12.4. The predicted molar refractivity (Wildman–Crippen MR) is 88.9 cm³/mol. The van der Waals surface area contributed by atoms with E-state index in [2.05, 4.69) is 11.4 Å². The number of benzene rings is 2. The van der Waals surface area contributed by atoms with E-state index >= 15 is 0 Å². The average molecular weight is 312 g/mol. The SMILES string of the molecule is C[C@H](C(=O)Nc1cccc(Cl)c1)[n+]1ccc2ccccc2c1. The van der Waals surface area contributed by atoms with Crippen molar-refractivity contribution in [3.8, 4) is 0 Å². The van der Waals surface area contributed by atoms with Crippen LogP contribution in [0.15, 0.2) is 67.0 Å². The molecule has 0 radical (unpaired) electrons. The molecule has 0 spiro atoms. The highest BCUT2D eigenvalue weighted by atomic mass is 35.5. The van der Waals surface area contributed by atoms with Gasteiger partial charge in [-0.25, -0.2) is 0 Å². The molecule has 0 saturated heterocycles. The van der Waals surface area contributed by atoms with Crippen LogP contribution in [0.1, 0.15) is 13.0 Å². The van der Waals surface area contributed by atoms with Crippen LogP contribution in [-0.4, -0.2) is 5.91 Å². The number of rotatable bonds is 3. The molecule has 0 aliphatic heterocycles. The summed E-state index contributed by atoms with van der Waals surface area (Å²) >= 11 is 5.93. The molecule has 3 nitrogen and oxygen atoms in total. The van der Waals surface area contributed by atoms with Gasteiger partial charge in [0.05, 0.1) is 0 Å². The highest BCUT2D eigenvalue weighted by Crippen LogP contribution is 2.16. The van der Waals surface area contributed by atoms with E-state index in [4.69, 9.17) is 11.6 Å². The van der Waals surface area contributed by atoms with Gasteiger partial charge in [0.25, 0.3) is 5.91 Å². The summed E-state index contributed by atoms with van der Waals surface area (Å²) in [7, 11) is 0. The lowest BCUT2D eigenvalue weighted by atomic mass is 10.1. The number of hydrogen-bond donors (Lipinski definition) is 1. The van der Waals surface area contributed by atoms with Crippen molar-refractivity contribution < 1.29 is 9.36 Å². The number of aromatic nitrogens is 1. The summed E-state index contributed by atoms with van der Waals surface area (Å²) in [6, 6.07) is 16.9. The largest absolute Gasteiger partial charge is 0.320 e. The minimum absolute atomic E-state index is 0.0810. The Labute approximate surface area is 134 Å². The first kappa shape index (κ1) is 14.5. The van der Waals surface area contributed by atoms with Crippen LogP contribution < -0.4 is 9.88 Å². The lowest BCUT2D eigenvalue weighted by molar-refractivity contribution is -0.704. The van der Waals surface area contributed by atoms with E-state index in [-0.39, 0.29) is 11.9 Å². The van der Waals surface area contributed by atoms with Crippen LogP contribution in [0.5, 0.6) is 0 Å². The van der Waals surface area contributed by atoms with E-state index in [0.29, 0.717) is 10.7 Å². The van der Waals surface area contributed by atoms with Gasteiger partial charge in [0.2, 0.25) is 6.04 Å². The molecule has 3 aromatic rings. The standard InChI is InChI=1S/C18H15ClN2O/c1-13(18(22)20-17-8-4-7-16(19)11-17)21-10-9-14-5-2-3-6-15(14)12-21/h2-13H,1H3/p+1/t13-/m1/s1. The lowest BCUT2D eigenvalue weighted by Crippen LogP contribution is -2.44. The van der Waals surface area contributed by atoms with E-state index in [1.54, 1.807) is 12.1 Å². The van der Waals surface area contributed by atoms with Crippen molar-refractivity contribution in [2.75, 3.05) is 5.32 Å². The Bertz CT molecular complexity index is 832. The second-order valence-electron chi connectivity index (χ2n) is 5.20. The maximum Gasteiger partial charge on any atom is 0.293 e. The van der Waals surface area contributed by atoms with E-state index in [1.165, 1.54) is 0 Å². The summed E-state index contributed by atoms with van der Waals surface area (Å²) in [5, 5.41) is 5.74. The molecule has 0 aliphatic rings. The van der Waals surface area contributed by atoms with Gasteiger partial charge >= 0.3 is 0 Å². The molecule has 1 amide bonds. The number of nitrogens with one attached hydrogen (secondary N) is 1. The number of pyridine rings is 1. The van der Waals surface area contributed by atoms with Crippen molar-refractivity contribution in [2.24, 2.45) is 0 Å². The van der Waals surface area contributed by atoms with E-state index in [9.17, 15) is 4.79 Å². The van der Waals surface area contributed by atoms with E-state index < -0.39 is 0 Å². The lowest BCUT2D eigenvalue weighted by Gasteiger charge is -2.09. The normalized spacial score (nSPS) is 12.1. The van der Waals surface area contributed by atoms with Gasteiger partial charge in [-0.3, -0.25) is 4.79 Å². The molecule has 22 heavy (non-hydrogen) atoms. The molecule has 0 aliphatic carbocycles. The Morgan fingerprint density at radius 3 is 2.64 bits per heavy atom. The van der Waals surface area contributed by atoms with Crippen molar-refractivity contribution >= 4 is 34.0 Å². The zero-order chi connectivity index (χ0) is 15.5. The molecule has 2 aromatic carbocycles. The molecule has 110 valence electrons. The zero-order valence-electron chi connectivity index (χ0n) is 12.2. The van der Waals surface area contributed by atoms with Crippen LogP contribution in [0.4, 0.5) is 5.69 Å². The maximum absolute atomic E-state index is 12.4. The molecule has 0 bridgehead atoms. The number of hydrogen-bond acceptors (Lipinski definition) is 1. The molecular weight excluding hydrogens is 296 g/mol. The van der Waals surface area contributed by atoms with E-state index in [0.717, 1.165) is 10.8 Å². The molecule has 1 aromatic heterocycles. The number of anilines is 1. The fraction of sp³-hybridized carbons (Fsp3) is 0.111. The van der Waals surface area contributed by atoms with Gasteiger partial charge in [0, 0.05) is 29.1 Å². The third kappa shape index (κ3) is 3.10. The van der Waals surface area contributed by atoms with Gasteiger partial charge in [0.1, 0.15) is 0 Å². The molecule has 0 unspecified atom stereocenters. The van der Waals surface area contributed by atoms with Crippen LogP contribution in [0, 0.1) is 0 Å². The Morgan fingerprint density at radius 1 is 1.09 bits per heavy atom. The minimum atomic E-state index is -0.316. The number of nitrogens with zero attached hydrogens (tertiary/aromatic N) is 1. The second kappa shape index (κ2) is 6.16. The predicted octanol–water partition coefficient (Wildman–Crippen LogP) is 3.98. The van der Waals surface area contributed by atoms with Crippen LogP contribution in [0.25, 0.3) is 10.8 Å². The Kier molecular flexibility index (Phi) is 4.07. The first-order valence-electron chi connectivity index (χ1n) is 7.09. The molecular formula is C18H16ClN2O+. The Hall–Kier alpha value is -2.39. The molecule has 0 saturated carbocycles. The van der Waals surface area contributed by atoms with Crippen molar-refractivity contribution in [3.63, 3.8) is 0 Å². The fourth-order valence-corrected chi connectivity index (χ4v) is 2.53. The molecule has 4 heteroatoms. The molecule has 3 rings (SSSR count). The Morgan fingerprint density at radius 2 is 1.86 bits per heavy atom. The fourth-order valence-electron chi connectivity index (χ4n) is 2.34. The Balaban J connectivity index is 1.82. The third-order valence-corrected chi connectivity index (χ3v) is 3.86. The van der Waals surface area contributed by atoms with Crippen LogP contribution in [-0.2, 0) is 4.79 Å². The van der Waals surface area contributed by atoms with Crippen LogP contribution >= 0.6 is 11.6 Å². The van der Waals surface area contributed by atoms with Crippen molar-refractivity contribution in [2.45, 2.75) is 13.0 Å². The van der Waals surface area contributed by atoms with Crippen LogP contribution in [0.2, 0.25) is 5.02 Å². The summed E-state index contributed by atoms with van der Waals surface area (Å²) < 4.78 is 1.90. The molecule has 0 fully saturated rings. The van der Waals surface area contributed by atoms with Gasteiger partial charge in [-0.1, -0.05) is 35.9 Å². The van der Waals surface area contributed by atoms with Gasteiger partial charge in [-0.15, -0.1) is 0 Å². The van der Waals surface area contributed by atoms with E-state index in [1.807, 2.05) is 60.3 Å². The number of amides is 1. The highest BCUT2D eigenvalue weighted by Gasteiger charge is 2.22. The number of carbonyl (C=O) groups excluding carboxylic acids is 1. The topological polar surface area (TPSA) is 33.0 Å². The first-order chi connectivity index (χ1) is 10.6. The minimum Gasteiger partial charge on any atom is -0.320 e. The first-order valence-corrected chi connectivity index (χ1v) is 7.47. The number of halogens is 1. The summed E-state index contributed by atoms with van der Waals surface area (Å²) in [6.07, 6.45) is 3.90. The smallest absolute Gasteiger partial charge is 0.293 e. The molecule has 1 heterocycles. The summed E-state index contributed by atoms with van der Waals surface area (Å²) in [6.45, 7) is 1.87. The van der Waals surface area contributed by atoms with Crippen molar-refractivity contribution in [1.82, 2.24) is 0 Å².